The average Bonchev–Trinajstić information content (AvgIpc) is 2.70. The van der Waals surface area contributed by atoms with Gasteiger partial charge in [-0.3, -0.25) is 4.79 Å². The number of carbonyl (C=O) groups is 1. The Kier molecular flexibility index (Phi) is 4.91. The van der Waals surface area contributed by atoms with Crippen LogP contribution in [-0.2, 0) is 0 Å². The zero-order valence-corrected chi connectivity index (χ0v) is 15.7. The fourth-order valence-corrected chi connectivity index (χ4v) is 3.90. The minimum absolute atomic E-state index is 0.0476. The first kappa shape index (κ1) is 17.9. The standard InChI is InChI=1S/C23H18N2O2S/c24-18-9-3-5-11-21(18)28-22-12-6-4-10-19(22)25-23(27)17-13-15-7-1-2-8-16(15)14-20(17)26/h1-14,26H,24H2,(H,25,27). The minimum atomic E-state index is -0.364. The van der Waals surface area contributed by atoms with Gasteiger partial charge in [-0.2, -0.15) is 0 Å². The summed E-state index contributed by atoms with van der Waals surface area (Å²) >= 11 is 1.48. The van der Waals surface area contributed by atoms with Gasteiger partial charge in [0.25, 0.3) is 5.91 Å². The lowest BCUT2D eigenvalue weighted by molar-refractivity contribution is 0.102. The Balaban J connectivity index is 1.64. The summed E-state index contributed by atoms with van der Waals surface area (Å²) < 4.78 is 0. The number of nitrogens with two attached hydrogens (primary N) is 1. The summed E-state index contributed by atoms with van der Waals surface area (Å²) in [5.74, 6) is -0.411. The second kappa shape index (κ2) is 7.66. The molecular weight excluding hydrogens is 368 g/mol. The van der Waals surface area contributed by atoms with Crippen molar-refractivity contribution in [3.8, 4) is 5.75 Å². The molecule has 0 radical (unpaired) electrons. The number of phenolic OH excluding ortho intramolecular Hbond substituents is 1. The van der Waals surface area contributed by atoms with Crippen molar-refractivity contribution in [3.63, 3.8) is 0 Å². The van der Waals surface area contributed by atoms with E-state index >= 15 is 0 Å². The number of phenols is 1. The van der Waals surface area contributed by atoms with Crippen molar-refractivity contribution in [1.29, 1.82) is 0 Å². The molecule has 28 heavy (non-hydrogen) atoms. The van der Waals surface area contributed by atoms with Crippen molar-refractivity contribution in [2.45, 2.75) is 9.79 Å². The lowest BCUT2D eigenvalue weighted by Gasteiger charge is -2.13. The Morgan fingerprint density at radius 2 is 1.43 bits per heavy atom. The fourth-order valence-electron chi connectivity index (χ4n) is 2.95. The monoisotopic (exact) mass is 386 g/mol. The van der Waals surface area contributed by atoms with Gasteiger partial charge in [0.2, 0.25) is 0 Å². The molecule has 1 amide bonds. The van der Waals surface area contributed by atoms with Gasteiger partial charge in [-0.25, -0.2) is 0 Å². The quantitative estimate of drug-likeness (QED) is 0.403. The molecule has 4 nitrogen and oxygen atoms in total. The van der Waals surface area contributed by atoms with E-state index in [4.69, 9.17) is 5.73 Å². The molecule has 4 aromatic carbocycles. The molecule has 0 aromatic heterocycles. The smallest absolute Gasteiger partial charge is 0.259 e. The van der Waals surface area contributed by atoms with Gasteiger partial charge in [0.1, 0.15) is 5.75 Å². The second-order valence-electron chi connectivity index (χ2n) is 6.31. The first-order valence-electron chi connectivity index (χ1n) is 8.76. The fraction of sp³-hybridized carbons (Fsp3) is 0. The van der Waals surface area contributed by atoms with E-state index in [1.165, 1.54) is 11.8 Å². The molecule has 138 valence electrons. The van der Waals surface area contributed by atoms with Crippen molar-refractivity contribution in [3.05, 3.63) is 90.5 Å². The molecule has 5 heteroatoms. The van der Waals surface area contributed by atoms with E-state index in [0.717, 1.165) is 20.6 Å². The highest BCUT2D eigenvalue weighted by atomic mass is 32.2. The van der Waals surface area contributed by atoms with E-state index in [-0.39, 0.29) is 17.2 Å². The Morgan fingerprint density at radius 3 is 2.18 bits per heavy atom. The molecule has 4 aromatic rings. The summed E-state index contributed by atoms with van der Waals surface area (Å²) in [6, 6.07) is 26.0. The Labute approximate surface area is 167 Å². The first-order valence-corrected chi connectivity index (χ1v) is 9.58. The average molecular weight is 386 g/mol. The van der Waals surface area contributed by atoms with Crippen LogP contribution in [0.15, 0.2) is 94.7 Å². The molecule has 0 spiro atoms. The summed E-state index contributed by atoms with van der Waals surface area (Å²) in [6.07, 6.45) is 0. The number of rotatable bonds is 4. The van der Waals surface area contributed by atoms with Gasteiger partial charge in [-0.15, -0.1) is 0 Å². The normalized spacial score (nSPS) is 10.7. The maximum absolute atomic E-state index is 12.8. The molecular formula is C23H18N2O2S. The molecule has 0 saturated carbocycles. The molecule has 4 N–H and O–H groups in total. The molecule has 0 bridgehead atoms. The van der Waals surface area contributed by atoms with Crippen LogP contribution in [0.5, 0.6) is 5.75 Å². The Bertz CT molecular complexity index is 1170. The summed E-state index contributed by atoms with van der Waals surface area (Å²) in [7, 11) is 0. The number of fused-ring (bicyclic) bond motifs is 1. The summed E-state index contributed by atoms with van der Waals surface area (Å²) in [6.45, 7) is 0. The van der Waals surface area contributed by atoms with E-state index in [9.17, 15) is 9.90 Å². The van der Waals surface area contributed by atoms with Crippen molar-refractivity contribution >= 4 is 39.8 Å². The lowest BCUT2D eigenvalue weighted by Crippen LogP contribution is -2.12. The molecule has 0 unspecified atom stereocenters. The molecule has 0 heterocycles. The molecule has 0 aliphatic heterocycles. The molecule has 0 aliphatic carbocycles. The van der Waals surface area contributed by atoms with E-state index in [1.807, 2.05) is 72.8 Å². The third kappa shape index (κ3) is 3.66. The van der Waals surface area contributed by atoms with Gasteiger partial charge in [0, 0.05) is 15.5 Å². The number of amides is 1. The summed E-state index contributed by atoms with van der Waals surface area (Å²) in [4.78, 5) is 14.6. The summed E-state index contributed by atoms with van der Waals surface area (Å²) in [5, 5.41) is 15.0. The van der Waals surface area contributed by atoms with Crippen molar-refractivity contribution in [2.24, 2.45) is 0 Å². The molecule has 0 atom stereocenters. The highest BCUT2D eigenvalue weighted by Crippen LogP contribution is 2.36. The van der Waals surface area contributed by atoms with Gasteiger partial charge >= 0.3 is 0 Å². The maximum Gasteiger partial charge on any atom is 0.259 e. The third-order valence-corrected chi connectivity index (χ3v) is 5.55. The van der Waals surface area contributed by atoms with Crippen LogP contribution in [0.4, 0.5) is 11.4 Å². The van der Waals surface area contributed by atoms with Crippen LogP contribution in [0, 0.1) is 0 Å². The second-order valence-corrected chi connectivity index (χ2v) is 7.39. The van der Waals surface area contributed by atoms with Gasteiger partial charge < -0.3 is 16.2 Å². The van der Waals surface area contributed by atoms with Crippen molar-refractivity contribution < 1.29 is 9.90 Å². The predicted octanol–water partition coefficient (Wildman–Crippen LogP) is 5.53. The molecule has 4 rings (SSSR count). The van der Waals surface area contributed by atoms with Gasteiger partial charge in [0.05, 0.1) is 11.3 Å². The lowest BCUT2D eigenvalue weighted by atomic mass is 10.1. The predicted molar refractivity (Wildman–Crippen MR) is 115 cm³/mol. The van der Waals surface area contributed by atoms with Crippen LogP contribution < -0.4 is 11.1 Å². The highest BCUT2D eigenvalue weighted by molar-refractivity contribution is 7.99. The molecule has 0 fully saturated rings. The number of anilines is 2. The number of hydrogen-bond donors (Lipinski definition) is 3. The van der Waals surface area contributed by atoms with E-state index in [2.05, 4.69) is 5.32 Å². The van der Waals surface area contributed by atoms with Gasteiger partial charge in [-0.1, -0.05) is 60.3 Å². The van der Waals surface area contributed by atoms with E-state index in [1.54, 1.807) is 12.1 Å². The Morgan fingerprint density at radius 1 is 0.821 bits per heavy atom. The minimum Gasteiger partial charge on any atom is -0.507 e. The van der Waals surface area contributed by atoms with Crippen molar-refractivity contribution in [2.75, 3.05) is 11.1 Å². The third-order valence-electron chi connectivity index (χ3n) is 4.38. The van der Waals surface area contributed by atoms with E-state index in [0.29, 0.717) is 11.4 Å². The highest BCUT2D eigenvalue weighted by Gasteiger charge is 2.15. The van der Waals surface area contributed by atoms with Gasteiger partial charge in [-0.05, 0) is 47.2 Å². The number of hydrogen-bond acceptors (Lipinski definition) is 4. The largest absolute Gasteiger partial charge is 0.507 e. The zero-order chi connectivity index (χ0) is 19.5. The SMILES string of the molecule is Nc1ccccc1Sc1ccccc1NC(=O)c1cc2ccccc2cc1O. The number of nitrogen functional groups attached to an aromatic ring is 1. The zero-order valence-electron chi connectivity index (χ0n) is 14.9. The van der Waals surface area contributed by atoms with Crippen LogP contribution >= 0.6 is 11.8 Å². The number of aromatic hydroxyl groups is 1. The van der Waals surface area contributed by atoms with Crippen LogP contribution in [-0.4, -0.2) is 11.0 Å². The maximum atomic E-state index is 12.8. The first-order chi connectivity index (χ1) is 13.6. The van der Waals surface area contributed by atoms with Crippen LogP contribution in [0.2, 0.25) is 0 Å². The molecule has 0 aliphatic rings. The summed E-state index contributed by atoms with van der Waals surface area (Å²) in [5.41, 5.74) is 7.62. The topological polar surface area (TPSA) is 75.3 Å². The Hall–Kier alpha value is -3.44. The van der Waals surface area contributed by atoms with Crippen LogP contribution in [0.1, 0.15) is 10.4 Å². The number of carbonyl (C=O) groups excluding carboxylic acids is 1. The number of nitrogens with one attached hydrogen (secondary N) is 1. The van der Waals surface area contributed by atoms with Crippen molar-refractivity contribution in [1.82, 2.24) is 0 Å². The van der Waals surface area contributed by atoms with Crippen LogP contribution in [0.3, 0.4) is 0 Å². The number of benzene rings is 4. The molecule has 0 saturated heterocycles. The number of para-hydroxylation sites is 2. The van der Waals surface area contributed by atoms with Crippen LogP contribution in [0.25, 0.3) is 10.8 Å². The van der Waals surface area contributed by atoms with Gasteiger partial charge in [0.15, 0.2) is 0 Å². The van der Waals surface area contributed by atoms with E-state index < -0.39 is 0 Å².